The van der Waals surface area contributed by atoms with E-state index in [4.69, 9.17) is 5.26 Å². The third-order valence-electron chi connectivity index (χ3n) is 3.22. The predicted octanol–water partition coefficient (Wildman–Crippen LogP) is 3.61. The van der Waals surface area contributed by atoms with Crippen molar-refractivity contribution in [3.8, 4) is 6.07 Å². The Kier molecular flexibility index (Phi) is 5.05. The van der Waals surface area contributed by atoms with Gasteiger partial charge in [-0.2, -0.15) is 5.26 Å². The third kappa shape index (κ3) is 3.80. The van der Waals surface area contributed by atoms with Gasteiger partial charge in [0.25, 0.3) is 5.91 Å². The van der Waals surface area contributed by atoms with Crippen molar-refractivity contribution in [2.75, 3.05) is 0 Å². The molecular weight excluding hydrogens is 279 g/mol. The van der Waals surface area contributed by atoms with Gasteiger partial charge in [0.15, 0.2) is 0 Å². The van der Waals surface area contributed by atoms with E-state index >= 15 is 0 Å². The molecule has 0 bridgehead atoms. The Labute approximate surface area is 128 Å². The number of benzene rings is 2. The van der Waals surface area contributed by atoms with E-state index in [0.717, 1.165) is 5.56 Å². The van der Waals surface area contributed by atoms with E-state index < -0.39 is 11.7 Å². The first kappa shape index (κ1) is 15.5. The summed E-state index contributed by atoms with van der Waals surface area (Å²) in [7, 11) is 0. The molecule has 4 heteroatoms. The minimum atomic E-state index is -0.526. The molecule has 0 aromatic heterocycles. The molecular formula is C18H15FN2O. The van der Waals surface area contributed by atoms with Crippen LogP contribution in [0.2, 0.25) is 0 Å². The Bertz CT molecular complexity index is 732. The van der Waals surface area contributed by atoms with E-state index in [1.165, 1.54) is 18.2 Å². The molecule has 22 heavy (non-hydrogen) atoms. The number of nitrogens with one attached hydrogen (secondary N) is 1. The highest BCUT2D eigenvalue weighted by molar-refractivity contribution is 6.01. The summed E-state index contributed by atoms with van der Waals surface area (Å²) in [6.07, 6.45) is 1.25. The molecule has 0 spiro atoms. The van der Waals surface area contributed by atoms with Crippen LogP contribution in [0.4, 0.5) is 4.39 Å². The Morgan fingerprint density at radius 2 is 1.82 bits per heavy atom. The first-order chi connectivity index (χ1) is 10.6. The summed E-state index contributed by atoms with van der Waals surface area (Å²) in [5.74, 6) is -0.999. The fourth-order valence-corrected chi connectivity index (χ4v) is 2.00. The van der Waals surface area contributed by atoms with Crippen molar-refractivity contribution in [2.45, 2.75) is 13.0 Å². The van der Waals surface area contributed by atoms with Crippen LogP contribution in [0, 0.1) is 17.1 Å². The second-order valence-corrected chi connectivity index (χ2v) is 4.80. The highest BCUT2D eigenvalue weighted by Crippen LogP contribution is 2.14. The van der Waals surface area contributed by atoms with Gasteiger partial charge in [-0.05, 0) is 24.6 Å². The highest BCUT2D eigenvalue weighted by Gasteiger charge is 2.14. The molecule has 0 aliphatic rings. The lowest BCUT2D eigenvalue weighted by Crippen LogP contribution is -2.27. The maximum atomic E-state index is 13.6. The third-order valence-corrected chi connectivity index (χ3v) is 3.22. The fraction of sp³-hybridized carbons (Fsp3) is 0.111. The number of hydrogen-bond donors (Lipinski definition) is 1. The van der Waals surface area contributed by atoms with Crippen molar-refractivity contribution in [3.63, 3.8) is 0 Å². The van der Waals surface area contributed by atoms with Gasteiger partial charge in [0.05, 0.1) is 6.04 Å². The van der Waals surface area contributed by atoms with Crippen molar-refractivity contribution >= 4 is 12.0 Å². The molecule has 0 fully saturated rings. The Balaban J connectivity index is 2.17. The molecule has 3 nitrogen and oxygen atoms in total. The second kappa shape index (κ2) is 7.19. The fourth-order valence-electron chi connectivity index (χ4n) is 2.00. The molecule has 0 saturated carbocycles. The molecule has 1 atom stereocenters. The number of nitriles is 1. The minimum absolute atomic E-state index is 0.132. The van der Waals surface area contributed by atoms with Crippen molar-refractivity contribution in [1.82, 2.24) is 5.32 Å². The largest absolute Gasteiger partial charge is 0.345 e. The van der Waals surface area contributed by atoms with Crippen LogP contribution in [0.15, 0.2) is 60.2 Å². The van der Waals surface area contributed by atoms with Crippen LogP contribution in [0.3, 0.4) is 0 Å². The summed E-state index contributed by atoms with van der Waals surface area (Å²) < 4.78 is 13.6. The summed E-state index contributed by atoms with van der Waals surface area (Å²) in [6, 6.07) is 17.0. The van der Waals surface area contributed by atoms with Gasteiger partial charge in [0, 0.05) is 5.56 Å². The van der Waals surface area contributed by atoms with Crippen molar-refractivity contribution in [1.29, 1.82) is 5.26 Å². The number of carbonyl (C=O) groups excluding carboxylic acids is 1. The molecule has 1 unspecified atom stereocenters. The van der Waals surface area contributed by atoms with Crippen molar-refractivity contribution in [3.05, 3.63) is 77.1 Å². The first-order valence-electron chi connectivity index (χ1n) is 6.84. The normalized spacial score (nSPS) is 12.3. The van der Waals surface area contributed by atoms with Gasteiger partial charge in [0.1, 0.15) is 17.5 Å². The lowest BCUT2D eigenvalue weighted by Gasteiger charge is -2.13. The highest BCUT2D eigenvalue weighted by atomic mass is 19.1. The molecule has 2 rings (SSSR count). The number of rotatable bonds is 4. The Morgan fingerprint density at radius 3 is 2.45 bits per heavy atom. The molecule has 2 aromatic carbocycles. The quantitative estimate of drug-likeness (QED) is 0.692. The standard InChI is InChI=1S/C18H15FN2O/c1-13(14-7-3-2-4-8-14)21-18(22)16(12-20)11-15-9-5-6-10-17(15)19/h2-11,13H,1H3,(H,21,22)/b16-11+. The van der Waals surface area contributed by atoms with Gasteiger partial charge < -0.3 is 5.32 Å². The molecule has 1 N–H and O–H groups in total. The second-order valence-electron chi connectivity index (χ2n) is 4.80. The monoisotopic (exact) mass is 294 g/mol. The number of nitrogens with zero attached hydrogens (tertiary/aromatic N) is 1. The molecule has 0 heterocycles. The van der Waals surface area contributed by atoms with Crippen LogP contribution < -0.4 is 5.32 Å². The maximum absolute atomic E-state index is 13.6. The molecule has 110 valence electrons. The summed E-state index contributed by atoms with van der Waals surface area (Å²) in [4.78, 5) is 12.1. The lowest BCUT2D eigenvalue weighted by molar-refractivity contribution is -0.117. The SMILES string of the molecule is CC(NC(=O)/C(C#N)=C/c1ccccc1F)c1ccccc1. The number of amides is 1. The van der Waals surface area contributed by atoms with Crippen LogP contribution in [0.25, 0.3) is 6.08 Å². The van der Waals surface area contributed by atoms with E-state index in [1.54, 1.807) is 12.1 Å². The van der Waals surface area contributed by atoms with Crippen LogP contribution >= 0.6 is 0 Å². The Morgan fingerprint density at radius 1 is 1.18 bits per heavy atom. The van der Waals surface area contributed by atoms with Crippen LogP contribution in [-0.4, -0.2) is 5.91 Å². The van der Waals surface area contributed by atoms with Crippen LogP contribution in [0.5, 0.6) is 0 Å². The van der Waals surface area contributed by atoms with Gasteiger partial charge in [-0.3, -0.25) is 4.79 Å². The van der Waals surface area contributed by atoms with Gasteiger partial charge in [0.2, 0.25) is 0 Å². The molecule has 0 saturated heterocycles. The van der Waals surface area contributed by atoms with Gasteiger partial charge in [-0.25, -0.2) is 4.39 Å². The summed E-state index contributed by atoms with van der Waals surface area (Å²) in [6.45, 7) is 1.82. The molecule has 0 radical (unpaired) electrons. The predicted molar refractivity (Wildman–Crippen MR) is 83.0 cm³/mol. The smallest absolute Gasteiger partial charge is 0.262 e. The molecule has 0 aliphatic heterocycles. The molecule has 1 amide bonds. The number of halogens is 1. The summed E-state index contributed by atoms with van der Waals surface area (Å²) >= 11 is 0. The lowest BCUT2D eigenvalue weighted by atomic mass is 10.1. The molecule has 2 aromatic rings. The summed E-state index contributed by atoms with van der Waals surface area (Å²) in [5.41, 5.74) is 1.01. The number of hydrogen-bond acceptors (Lipinski definition) is 2. The minimum Gasteiger partial charge on any atom is -0.345 e. The van der Waals surface area contributed by atoms with E-state index in [1.807, 2.05) is 43.3 Å². The van der Waals surface area contributed by atoms with Crippen molar-refractivity contribution < 1.29 is 9.18 Å². The zero-order valence-corrected chi connectivity index (χ0v) is 12.1. The Hall–Kier alpha value is -2.93. The average molecular weight is 294 g/mol. The van der Waals surface area contributed by atoms with Crippen LogP contribution in [-0.2, 0) is 4.79 Å². The van der Waals surface area contributed by atoms with Gasteiger partial charge in [-0.1, -0.05) is 48.5 Å². The van der Waals surface area contributed by atoms with E-state index in [2.05, 4.69) is 5.32 Å². The van der Waals surface area contributed by atoms with E-state index in [-0.39, 0.29) is 17.2 Å². The van der Waals surface area contributed by atoms with Crippen molar-refractivity contribution in [2.24, 2.45) is 0 Å². The van der Waals surface area contributed by atoms with E-state index in [0.29, 0.717) is 0 Å². The van der Waals surface area contributed by atoms with E-state index in [9.17, 15) is 9.18 Å². The zero-order valence-electron chi connectivity index (χ0n) is 12.1. The zero-order chi connectivity index (χ0) is 15.9. The topological polar surface area (TPSA) is 52.9 Å². The average Bonchev–Trinajstić information content (AvgIpc) is 2.54. The molecule has 0 aliphatic carbocycles. The van der Waals surface area contributed by atoms with Gasteiger partial charge >= 0.3 is 0 Å². The summed E-state index contributed by atoms with van der Waals surface area (Å²) in [5, 5.41) is 11.9. The first-order valence-corrected chi connectivity index (χ1v) is 6.84. The maximum Gasteiger partial charge on any atom is 0.262 e. The number of carbonyl (C=O) groups is 1. The van der Waals surface area contributed by atoms with Gasteiger partial charge in [-0.15, -0.1) is 0 Å². The van der Waals surface area contributed by atoms with Crippen LogP contribution in [0.1, 0.15) is 24.1 Å².